The van der Waals surface area contributed by atoms with Gasteiger partial charge in [0.2, 0.25) is 5.91 Å². The average molecular weight is 311 g/mol. The first-order chi connectivity index (χ1) is 11.1. The number of carbonyl (C=O) groups is 1. The van der Waals surface area contributed by atoms with E-state index in [1.807, 2.05) is 36.4 Å². The Kier molecular flexibility index (Phi) is 3.26. The third kappa shape index (κ3) is 2.25. The van der Waals surface area contributed by atoms with Gasteiger partial charge in [-0.2, -0.15) is 0 Å². The zero-order chi connectivity index (χ0) is 16.0. The number of allylic oxidation sites excluding steroid dienone is 4. The van der Waals surface area contributed by atoms with Gasteiger partial charge in [-0.25, -0.2) is 8.78 Å². The van der Waals surface area contributed by atoms with Crippen LogP contribution in [0.2, 0.25) is 0 Å². The molecule has 3 unspecified atom stereocenters. The number of nitrogens with one attached hydrogen (secondary N) is 1. The summed E-state index contributed by atoms with van der Waals surface area (Å²) in [6.45, 7) is 0. The van der Waals surface area contributed by atoms with Crippen LogP contribution in [0.4, 0.5) is 14.5 Å². The molecule has 2 aromatic carbocycles. The summed E-state index contributed by atoms with van der Waals surface area (Å²) >= 11 is 0. The minimum Gasteiger partial charge on any atom is -0.325 e. The number of fused-ring (bicyclic) bond motifs is 3. The van der Waals surface area contributed by atoms with Crippen molar-refractivity contribution in [3.8, 4) is 0 Å². The molecular weight excluding hydrogens is 296 g/mol. The van der Waals surface area contributed by atoms with Crippen molar-refractivity contribution in [1.29, 1.82) is 0 Å². The van der Waals surface area contributed by atoms with E-state index in [1.54, 1.807) is 6.08 Å². The van der Waals surface area contributed by atoms with E-state index in [0.29, 0.717) is 0 Å². The Morgan fingerprint density at radius 2 is 1.96 bits per heavy atom. The normalized spacial score (nSPS) is 26.6. The Morgan fingerprint density at radius 1 is 1.13 bits per heavy atom. The summed E-state index contributed by atoms with van der Waals surface area (Å²) in [6.07, 6.45) is 2.80. The highest BCUT2D eigenvalue weighted by atomic mass is 19.2. The van der Waals surface area contributed by atoms with Crippen molar-refractivity contribution in [2.75, 3.05) is 5.32 Å². The maximum Gasteiger partial charge on any atom is 0.225 e. The molecule has 2 aromatic rings. The van der Waals surface area contributed by atoms with Crippen LogP contribution in [0.15, 0.2) is 60.5 Å². The SMILES string of the molecule is O=C1CC(C2C=CC=C(F)C2F)c2ccc3ccccc3c2N1. The molecule has 1 heterocycles. The van der Waals surface area contributed by atoms with Crippen molar-refractivity contribution < 1.29 is 13.6 Å². The molecule has 3 atom stereocenters. The number of hydrogen-bond acceptors (Lipinski definition) is 1. The van der Waals surface area contributed by atoms with Crippen LogP contribution < -0.4 is 5.32 Å². The number of benzene rings is 2. The van der Waals surface area contributed by atoms with Crippen LogP contribution in [0.5, 0.6) is 0 Å². The van der Waals surface area contributed by atoms with Crippen LogP contribution in [0, 0.1) is 5.92 Å². The lowest BCUT2D eigenvalue weighted by molar-refractivity contribution is -0.117. The molecule has 0 saturated heterocycles. The molecule has 1 aliphatic carbocycles. The molecule has 0 bridgehead atoms. The van der Waals surface area contributed by atoms with Gasteiger partial charge in [0.1, 0.15) is 5.83 Å². The van der Waals surface area contributed by atoms with Gasteiger partial charge in [-0.15, -0.1) is 0 Å². The van der Waals surface area contributed by atoms with E-state index in [9.17, 15) is 13.6 Å². The first-order valence-electron chi connectivity index (χ1n) is 7.64. The van der Waals surface area contributed by atoms with Crippen molar-refractivity contribution in [2.24, 2.45) is 5.92 Å². The van der Waals surface area contributed by atoms with E-state index < -0.39 is 17.9 Å². The van der Waals surface area contributed by atoms with Crippen molar-refractivity contribution in [3.63, 3.8) is 0 Å². The number of alkyl halides is 1. The van der Waals surface area contributed by atoms with Gasteiger partial charge in [-0.3, -0.25) is 4.79 Å². The van der Waals surface area contributed by atoms with Gasteiger partial charge >= 0.3 is 0 Å². The van der Waals surface area contributed by atoms with Crippen molar-refractivity contribution >= 4 is 22.4 Å². The van der Waals surface area contributed by atoms with Crippen molar-refractivity contribution in [1.82, 2.24) is 0 Å². The van der Waals surface area contributed by atoms with E-state index in [-0.39, 0.29) is 18.2 Å². The van der Waals surface area contributed by atoms with E-state index in [1.165, 1.54) is 6.08 Å². The molecule has 4 rings (SSSR count). The first-order valence-corrected chi connectivity index (χ1v) is 7.64. The zero-order valence-corrected chi connectivity index (χ0v) is 12.3. The van der Waals surface area contributed by atoms with Gasteiger partial charge < -0.3 is 5.32 Å². The standard InChI is InChI=1S/C19H15F2NO/c20-16-7-3-6-13(18(16)21)15-10-17(23)22-19-12-5-2-1-4-11(12)8-9-14(15)19/h1-9,13,15,18H,10H2,(H,22,23). The molecule has 1 amide bonds. The zero-order valence-electron chi connectivity index (χ0n) is 12.3. The summed E-state index contributed by atoms with van der Waals surface area (Å²) in [5, 5.41) is 4.84. The first kappa shape index (κ1) is 14.1. The van der Waals surface area contributed by atoms with E-state index in [0.717, 1.165) is 28.1 Å². The van der Waals surface area contributed by atoms with Gasteiger partial charge in [-0.1, -0.05) is 48.6 Å². The van der Waals surface area contributed by atoms with Gasteiger partial charge in [0.05, 0.1) is 5.69 Å². The second-order valence-electron chi connectivity index (χ2n) is 6.03. The van der Waals surface area contributed by atoms with E-state index in [2.05, 4.69) is 5.32 Å². The smallest absolute Gasteiger partial charge is 0.225 e. The fourth-order valence-electron chi connectivity index (χ4n) is 3.57. The summed E-state index contributed by atoms with van der Waals surface area (Å²) in [5.74, 6) is -1.96. The number of anilines is 1. The molecule has 2 aliphatic rings. The average Bonchev–Trinajstić information content (AvgIpc) is 2.56. The van der Waals surface area contributed by atoms with Crippen LogP contribution in [0.25, 0.3) is 10.8 Å². The molecule has 0 aromatic heterocycles. The number of halogens is 2. The minimum atomic E-state index is -1.70. The Morgan fingerprint density at radius 3 is 2.83 bits per heavy atom. The summed E-state index contributed by atoms with van der Waals surface area (Å²) in [4.78, 5) is 12.1. The Hall–Kier alpha value is -2.49. The predicted molar refractivity (Wildman–Crippen MR) is 86.7 cm³/mol. The molecule has 2 nitrogen and oxygen atoms in total. The fourth-order valence-corrected chi connectivity index (χ4v) is 3.57. The largest absolute Gasteiger partial charge is 0.325 e. The van der Waals surface area contributed by atoms with E-state index >= 15 is 0 Å². The highest BCUT2D eigenvalue weighted by molar-refractivity contribution is 6.05. The topological polar surface area (TPSA) is 29.1 Å². The van der Waals surface area contributed by atoms with Crippen molar-refractivity contribution in [2.45, 2.75) is 18.5 Å². The Labute approximate surface area is 132 Å². The lowest BCUT2D eigenvalue weighted by Crippen LogP contribution is -2.31. The van der Waals surface area contributed by atoms with Gasteiger partial charge in [-0.05, 0) is 17.0 Å². The highest BCUT2D eigenvalue weighted by Crippen LogP contribution is 2.44. The summed E-state index contributed by atoms with van der Waals surface area (Å²) in [6, 6.07) is 11.6. The fraction of sp³-hybridized carbons (Fsp3) is 0.211. The monoisotopic (exact) mass is 311 g/mol. The molecule has 0 fully saturated rings. The highest BCUT2D eigenvalue weighted by Gasteiger charge is 2.38. The summed E-state index contributed by atoms with van der Waals surface area (Å²) in [7, 11) is 0. The predicted octanol–water partition coefficient (Wildman–Crippen LogP) is 4.64. The van der Waals surface area contributed by atoms with Gasteiger partial charge in [0, 0.05) is 23.6 Å². The van der Waals surface area contributed by atoms with Gasteiger partial charge in [0.25, 0.3) is 0 Å². The second-order valence-corrected chi connectivity index (χ2v) is 6.03. The molecular formula is C19H15F2NO. The Balaban J connectivity index is 1.86. The molecule has 0 spiro atoms. The quantitative estimate of drug-likeness (QED) is 0.816. The molecule has 116 valence electrons. The molecule has 4 heteroatoms. The van der Waals surface area contributed by atoms with Crippen molar-refractivity contribution in [3.05, 3.63) is 66.0 Å². The second kappa shape index (κ2) is 5.30. The number of carbonyl (C=O) groups excluding carboxylic acids is 1. The molecule has 23 heavy (non-hydrogen) atoms. The van der Waals surface area contributed by atoms with Crippen LogP contribution >= 0.6 is 0 Å². The lowest BCUT2D eigenvalue weighted by Gasteiger charge is -2.33. The number of amides is 1. The third-order valence-electron chi connectivity index (χ3n) is 4.69. The minimum absolute atomic E-state index is 0.158. The number of rotatable bonds is 1. The van der Waals surface area contributed by atoms with Crippen LogP contribution in [-0.4, -0.2) is 12.1 Å². The van der Waals surface area contributed by atoms with E-state index in [4.69, 9.17) is 0 Å². The number of hydrogen-bond donors (Lipinski definition) is 1. The molecule has 0 radical (unpaired) electrons. The van der Waals surface area contributed by atoms with Crippen LogP contribution in [0.3, 0.4) is 0 Å². The van der Waals surface area contributed by atoms with Crippen LogP contribution in [-0.2, 0) is 4.79 Å². The Bertz CT molecular complexity index is 856. The lowest BCUT2D eigenvalue weighted by atomic mass is 9.76. The maximum atomic E-state index is 14.3. The third-order valence-corrected chi connectivity index (χ3v) is 4.69. The molecule has 1 aliphatic heterocycles. The summed E-state index contributed by atoms with van der Waals surface area (Å²) < 4.78 is 28.0. The molecule has 1 N–H and O–H groups in total. The summed E-state index contributed by atoms with van der Waals surface area (Å²) in [5.41, 5.74) is 1.59. The maximum absolute atomic E-state index is 14.3. The van der Waals surface area contributed by atoms with Gasteiger partial charge in [0.15, 0.2) is 6.17 Å². The molecule has 0 saturated carbocycles. The van der Waals surface area contributed by atoms with Crippen LogP contribution in [0.1, 0.15) is 17.9 Å².